The lowest BCUT2D eigenvalue weighted by Gasteiger charge is -2.36. The van der Waals surface area contributed by atoms with Gasteiger partial charge in [0.2, 0.25) is 0 Å². The van der Waals surface area contributed by atoms with Gasteiger partial charge in [0, 0.05) is 24.7 Å². The third-order valence-electron chi connectivity index (χ3n) is 3.34. The van der Waals surface area contributed by atoms with Crippen molar-refractivity contribution in [3.05, 3.63) is 0 Å². The first-order valence-electron chi connectivity index (χ1n) is 7.38. The van der Waals surface area contributed by atoms with Crippen molar-refractivity contribution in [3.63, 3.8) is 0 Å². The Bertz CT molecular complexity index is 226. The van der Waals surface area contributed by atoms with Gasteiger partial charge in [0.25, 0.3) is 0 Å². The first-order valence-corrected chi connectivity index (χ1v) is 7.38. The summed E-state index contributed by atoms with van der Waals surface area (Å²) in [4.78, 5) is 2.50. The van der Waals surface area contributed by atoms with Gasteiger partial charge in [-0.15, -0.1) is 0 Å². The largest absolute Gasteiger partial charge is 0.311 e. The van der Waals surface area contributed by atoms with Gasteiger partial charge in [-0.1, -0.05) is 27.7 Å². The summed E-state index contributed by atoms with van der Waals surface area (Å²) >= 11 is 0. The van der Waals surface area contributed by atoms with Crippen LogP contribution in [0.1, 0.15) is 61.8 Å². The summed E-state index contributed by atoms with van der Waals surface area (Å²) in [5.74, 6) is 0.776. The minimum atomic E-state index is 0.208. The molecular weight excluding hydrogens is 220 g/mol. The number of nitrogens with zero attached hydrogens (tertiary/aromatic N) is 1. The van der Waals surface area contributed by atoms with Gasteiger partial charge in [-0.2, -0.15) is 0 Å². The fourth-order valence-electron chi connectivity index (χ4n) is 2.25. The zero-order valence-corrected chi connectivity index (χ0v) is 14.2. The Hall–Kier alpha value is -0.0800. The fraction of sp³-hybridized carbons (Fsp3) is 1.00. The summed E-state index contributed by atoms with van der Waals surface area (Å²) in [7, 11) is 2.26. The molecule has 2 heteroatoms. The summed E-state index contributed by atoms with van der Waals surface area (Å²) < 4.78 is 0. The summed E-state index contributed by atoms with van der Waals surface area (Å²) in [5.41, 5.74) is 0.520. The van der Waals surface area contributed by atoms with E-state index in [9.17, 15) is 0 Å². The predicted octanol–water partition coefficient (Wildman–Crippen LogP) is 3.77. The predicted molar refractivity (Wildman–Crippen MR) is 83.1 cm³/mol. The summed E-state index contributed by atoms with van der Waals surface area (Å²) in [6.07, 6.45) is 1.28. The van der Waals surface area contributed by atoms with Gasteiger partial charge >= 0.3 is 0 Å². The summed E-state index contributed by atoms with van der Waals surface area (Å²) in [6.45, 7) is 20.5. The second-order valence-electron chi connectivity index (χ2n) is 8.16. The van der Waals surface area contributed by atoms with E-state index in [1.807, 2.05) is 0 Å². The normalized spacial score (nSPS) is 15.5. The Morgan fingerprint density at radius 1 is 1.00 bits per heavy atom. The molecule has 18 heavy (non-hydrogen) atoms. The van der Waals surface area contributed by atoms with Crippen LogP contribution in [0.25, 0.3) is 0 Å². The van der Waals surface area contributed by atoms with Crippen molar-refractivity contribution in [2.75, 3.05) is 20.1 Å². The van der Waals surface area contributed by atoms with Gasteiger partial charge in [-0.05, 0) is 52.5 Å². The highest BCUT2D eigenvalue weighted by molar-refractivity contribution is 4.81. The Labute approximate surface area is 116 Å². The molecule has 1 atom stereocenters. The molecule has 0 amide bonds. The zero-order chi connectivity index (χ0) is 14.6. The summed E-state index contributed by atoms with van der Waals surface area (Å²) in [6, 6.07) is 0.666. The molecule has 0 rings (SSSR count). The van der Waals surface area contributed by atoms with Gasteiger partial charge in [-0.25, -0.2) is 0 Å². The first-order chi connectivity index (χ1) is 7.93. The second kappa shape index (κ2) is 6.91. The maximum atomic E-state index is 3.62. The van der Waals surface area contributed by atoms with Crippen LogP contribution in [0.2, 0.25) is 0 Å². The molecule has 0 aliphatic carbocycles. The molecule has 0 aromatic rings. The quantitative estimate of drug-likeness (QED) is 0.746. The van der Waals surface area contributed by atoms with Gasteiger partial charge < -0.3 is 10.2 Å². The maximum Gasteiger partial charge on any atom is 0.00967 e. The lowest BCUT2D eigenvalue weighted by molar-refractivity contribution is 0.145. The maximum absolute atomic E-state index is 3.62. The van der Waals surface area contributed by atoms with Gasteiger partial charge in [0.15, 0.2) is 0 Å². The molecule has 0 saturated carbocycles. The highest BCUT2D eigenvalue weighted by atomic mass is 15.1. The highest BCUT2D eigenvalue weighted by Crippen LogP contribution is 2.19. The highest BCUT2D eigenvalue weighted by Gasteiger charge is 2.24. The molecule has 1 unspecified atom stereocenters. The van der Waals surface area contributed by atoms with Crippen LogP contribution in [-0.2, 0) is 0 Å². The standard InChI is InChI=1S/C16H36N2/c1-13(2)10-14(3)18(9)12-16(7,8)11-17-15(4,5)6/h13-14,17H,10-12H2,1-9H3. The van der Waals surface area contributed by atoms with E-state index >= 15 is 0 Å². The number of hydrogen-bond donors (Lipinski definition) is 1. The molecule has 0 bridgehead atoms. The van der Waals surface area contributed by atoms with Crippen LogP contribution in [0.15, 0.2) is 0 Å². The molecule has 1 N–H and O–H groups in total. The smallest absolute Gasteiger partial charge is 0.00967 e. The van der Waals surface area contributed by atoms with Gasteiger partial charge in [0.1, 0.15) is 0 Å². The van der Waals surface area contributed by atoms with Crippen molar-refractivity contribution >= 4 is 0 Å². The van der Waals surface area contributed by atoms with Crippen molar-refractivity contribution < 1.29 is 0 Å². The second-order valence-corrected chi connectivity index (χ2v) is 8.16. The van der Waals surface area contributed by atoms with E-state index in [1.165, 1.54) is 6.42 Å². The minimum absolute atomic E-state index is 0.208. The molecule has 0 aliphatic heterocycles. The molecule has 110 valence electrons. The average Bonchev–Trinajstić information content (AvgIpc) is 2.12. The van der Waals surface area contributed by atoms with E-state index in [-0.39, 0.29) is 5.54 Å². The Balaban J connectivity index is 4.22. The Morgan fingerprint density at radius 2 is 1.50 bits per heavy atom. The van der Waals surface area contributed by atoms with Crippen LogP contribution >= 0.6 is 0 Å². The molecular formula is C16H36N2. The van der Waals surface area contributed by atoms with Crippen LogP contribution in [0.4, 0.5) is 0 Å². The monoisotopic (exact) mass is 256 g/mol. The molecule has 2 nitrogen and oxygen atoms in total. The van der Waals surface area contributed by atoms with Crippen molar-refractivity contribution in [2.24, 2.45) is 11.3 Å². The van der Waals surface area contributed by atoms with E-state index in [2.05, 4.69) is 72.7 Å². The van der Waals surface area contributed by atoms with Crippen LogP contribution in [0, 0.1) is 11.3 Å². The molecule has 0 heterocycles. The molecule has 0 spiro atoms. The van der Waals surface area contributed by atoms with Gasteiger partial charge in [-0.3, -0.25) is 0 Å². The lowest BCUT2D eigenvalue weighted by Crippen LogP contribution is -2.47. The van der Waals surface area contributed by atoms with Crippen LogP contribution < -0.4 is 5.32 Å². The first kappa shape index (κ1) is 17.9. The van der Waals surface area contributed by atoms with Crippen LogP contribution in [0.3, 0.4) is 0 Å². The Morgan fingerprint density at radius 3 is 1.89 bits per heavy atom. The van der Waals surface area contributed by atoms with E-state index in [0.29, 0.717) is 11.5 Å². The Kier molecular flexibility index (Phi) is 6.87. The molecule has 0 saturated heterocycles. The van der Waals surface area contributed by atoms with Crippen molar-refractivity contribution in [1.82, 2.24) is 10.2 Å². The summed E-state index contributed by atoms with van der Waals surface area (Å²) in [5, 5.41) is 3.62. The van der Waals surface area contributed by atoms with Crippen molar-refractivity contribution in [2.45, 2.75) is 73.4 Å². The molecule has 0 fully saturated rings. The third kappa shape index (κ3) is 8.93. The molecule has 0 aromatic heterocycles. The topological polar surface area (TPSA) is 15.3 Å². The van der Waals surface area contributed by atoms with Crippen LogP contribution in [-0.4, -0.2) is 36.6 Å². The number of hydrogen-bond acceptors (Lipinski definition) is 2. The SMILES string of the molecule is CC(C)CC(C)N(C)CC(C)(C)CNC(C)(C)C. The van der Waals surface area contributed by atoms with Crippen molar-refractivity contribution in [1.29, 1.82) is 0 Å². The van der Waals surface area contributed by atoms with E-state index in [1.54, 1.807) is 0 Å². The molecule has 0 aromatic carbocycles. The minimum Gasteiger partial charge on any atom is -0.311 e. The number of rotatable bonds is 7. The molecule has 0 radical (unpaired) electrons. The lowest BCUT2D eigenvalue weighted by atomic mass is 9.90. The van der Waals surface area contributed by atoms with E-state index in [0.717, 1.165) is 19.0 Å². The third-order valence-corrected chi connectivity index (χ3v) is 3.34. The van der Waals surface area contributed by atoms with Gasteiger partial charge in [0.05, 0.1) is 0 Å². The van der Waals surface area contributed by atoms with Crippen LogP contribution in [0.5, 0.6) is 0 Å². The van der Waals surface area contributed by atoms with E-state index < -0.39 is 0 Å². The zero-order valence-electron chi connectivity index (χ0n) is 14.2. The van der Waals surface area contributed by atoms with Crippen molar-refractivity contribution in [3.8, 4) is 0 Å². The number of nitrogens with one attached hydrogen (secondary N) is 1. The van der Waals surface area contributed by atoms with E-state index in [4.69, 9.17) is 0 Å². The molecule has 0 aliphatic rings. The fourth-order valence-corrected chi connectivity index (χ4v) is 2.25. The average molecular weight is 256 g/mol.